The Balaban J connectivity index is 0.934. The molecular weight excluding hydrogens is 795 g/mol. The van der Waals surface area contributed by atoms with E-state index in [-0.39, 0.29) is 5.41 Å². The molecule has 12 rings (SSSR count). The lowest BCUT2D eigenvalue weighted by Gasteiger charge is -2.21. The highest BCUT2D eigenvalue weighted by Crippen LogP contribution is 2.50. The van der Waals surface area contributed by atoms with Gasteiger partial charge in [-0.25, -0.2) is 15.0 Å². The molecule has 0 N–H and O–H groups in total. The van der Waals surface area contributed by atoms with Crippen LogP contribution in [-0.2, 0) is 5.41 Å². The summed E-state index contributed by atoms with van der Waals surface area (Å²) in [6, 6.07) is 69.9. The van der Waals surface area contributed by atoms with Crippen LogP contribution in [0.3, 0.4) is 0 Å². The first-order valence-electron chi connectivity index (χ1n) is 22.1. The molecule has 0 saturated heterocycles. The van der Waals surface area contributed by atoms with Crippen molar-refractivity contribution in [2.24, 2.45) is 0 Å². The quantitative estimate of drug-likeness (QED) is 0.160. The van der Waals surface area contributed by atoms with E-state index in [9.17, 15) is 0 Å². The largest absolute Gasteiger partial charge is 0.208 e. The molecule has 0 fully saturated rings. The Labute approximate surface area is 377 Å². The monoisotopic (exact) mass is 837 g/mol. The van der Waals surface area contributed by atoms with Crippen LogP contribution in [0.5, 0.6) is 0 Å². The van der Waals surface area contributed by atoms with Crippen LogP contribution in [-0.4, -0.2) is 15.0 Å². The minimum Gasteiger partial charge on any atom is -0.208 e. The Morgan fingerprint density at radius 3 is 1.66 bits per heavy atom. The molecule has 0 spiro atoms. The maximum absolute atomic E-state index is 5.26. The normalized spacial score (nSPS) is 13.6. The summed E-state index contributed by atoms with van der Waals surface area (Å²) in [5.41, 5.74) is 17.9. The number of hydrogen-bond donors (Lipinski definition) is 0. The van der Waals surface area contributed by atoms with Crippen LogP contribution >= 0.6 is 11.3 Å². The molecule has 3 nitrogen and oxygen atoms in total. The molecule has 2 aromatic heterocycles. The van der Waals surface area contributed by atoms with Crippen molar-refractivity contribution in [2.45, 2.75) is 32.1 Å². The molecule has 2 heterocycles. The molecule has 0 bridgehead atoms. The van der Waals surface area contributed by atoms with Crippen molar-refractivity contribution in [3.63, 3.8) is 0 Å². The van der Waals surface area contributed by atoms with Crippen LogP contribution in [0.1, 0.15) is 43.4 Å². The second kappa shape index (κ2) is 15.4. The van der Waals surface area contributed by atoms with Gasteiger partial charge in [0.15, 0.2) is 17.5 Å². The van der Waals surface area contributed by atoms with Gasteiger partial charge in [-0.2, -0.15) is 0 Å². The number of thiophene rings is 1. The fourth-order valence-corrected chi connectivity index (χ4v) is 11.2. The van der Waals surface area contributed by atoms with E-state index >= 15 is 0 Å². The van der Waals surface area contributed by atoms with Crippen molar-refractivity contribution >= 4 is 33.1 Å². The predicted octanol–water partition coefficient (Wildman–Crippen LogP) is 14.2. The highest BCUT2D eigenvalue weighted by molar-refractivity contribution is 7.17. The zero-order valence-electron chi connectivity index (χ0n) is 35.7. The van der Waals surface area contributed by atoms with Gasteiger partial charge in [-0.15, -0.1) is 11.3 Å². The van der Waals surface area contributed by atoms with Gasteiger partial charge in [-0.1, -0.05) is 196 Å². The van der Waals surface area contributed by atoms with Gasteiger partial charge in [0, 0.05) is 41.9 Å². The molecule has 2 aliphatic rings. The fourth-order valence-electron chi connectivity index (χ4n) is 9.98. The molecule has 0 aliphatic heterocycles. The van der Waals surface area contributed by atoms with E-state index in [1.54, 1.807) is 0 Å². The standard InChI is InChI=1S/C60H43N3S/c1-60(2)52-22-12-11-19-48(52)50-37-45(32-34-53(50)60)46-18-9-10-20-49(46)59-62-57(42-16-7-4-8-17-42)61-58(63-59)43-30-28-41(29-31-43)47-21-13-23-55-56(47)51-36-44(33-35-54(51)64-55)40-26-24-39(25-27-40)38-14-5-3-6-15-38/h3-12,14-20,22-37H,13,21H2,1-2H3. The lowest BCUT2D eigenvalue weighted by atomic mass is 9.82. The summed E-state index contributed by atoms with van der Waals surface area (Å²) < 4.78 is 2.68. The molecular formula is C60H43N3S. The smallest absolute Gasteiger partial charge is 0.164 e. The third-order valence-corrected chi connectivity index (χ3v) is 14.5. The second-order valence-corrected chi connectivity index (χ2v) is 18.5. The zero-order chi connectivity index (χ0) is 42.8. The summed E-state index contributed by atoms with van der Waals surface area (Å²) in [6.07, 6.45) is 4.44. The zero-order valence-corrected chi connectivity index (χ0v) is 36.5. The van der Waals surface area contributed by atoms with Crippen molar-refractivity contribution < 1.29 is 0 Å². The van der Waals surface area contributed by atoms with Crippen molar-refractivity contribution in [1.29, 1.82) is 0 Å². The second-order valence-electron chi connectivity index (χ2n) is 17.4. The topological polar surface area (TPSA) is 38.7 Å². The summed E-state index contributed by atoms with van der Waals surface area (Å²) in [5, 5.41) is 2.69. The third-order valence-electron chi connectivity index (χ3n) is 13.3. The van der Waals surface area contributed by atoms with Crippen molar-refractivity contribution in [3.05, 3.63) is 221 Å². The predicted molar refractivity (Wildman–Crippen MR) is 267 cm³/mol. The van der Waals surface area contributed by atoms with Gasteiger partial charge in [0.25, 0.3) is 0 Å². The molecule has 0 atom stereocenters. The summed E-state index contributed by atoms with van der Waals surface area (Å²) >= 11 is 1.90. The van der Waals surface area contributed by atoms with Gasteiger partial charge in [0.1, 0.15) is 0 Å². The van der Waals surface area contributed by atoms with Gasteiger partial charge < -0.3 is 0 Å². The number of benzene rings is 8. The summed E-state index contributed by atoms with van der Waals surface area (Å²) in [4.78, 5) is 15.6. The van der Waals surface area contributed by atoms with Crippen LogP contribution in [0.25, 0.3) is 100 Å². The Morgan fingerprint density at radius 2 is 0.922 bits per heavy atom. The van der Waals surface area contributed by atoms with Gasteiger partial charge in [0.2, 0.25) is 0 Å². The highest BCUT2D eigenvalue weighted by atomic mass is 32.1. The SMILES string of the molecule is CC1(C)c2ccccc2-c2cc(-c3ccccc3-c3nc(-c4ccccc4)nc(-c4ccc(C5=c6c(sc7ccc(-c8ccc(-c9ccccc9)cc8)cc67)=CCC5)cc4)n3)ccc21. The number of fused-ring (bicyclic) bond motifs is 6. The maximum atomic E-state index is 5.26. The summed E-state index contributed by atoms with van der Waals surface area (Å²) in [7, 11) is 0. The van der Waals surface area contributed by atoms with Gasteiger partial charge >= 0.3 is 0 Å². The molecule has 0 radical (unpaired) electrons. The minimum absolute atomic E-state index is 0.0545. The molecule has 0 amide bonds. The fraction of sp³-hybridized carbons (Fsp3) is 0.0833. The van der Waals surface area contributed by atoms with Crippen LogP contribution in [0.4, 0.5) is 0 Å². The molecule has 0 unspecified atom stereocenters. The number of hydrogen-bond acceptors (Lipinski definition) is 4. The van der Waals surface area contributed by atoms with Crippen molar-refractivity contribution in [2.75, 3.05) is 0 Å². The van der Waals surface area contributed by atoms with Crippen molar-refractivity contribution in [3.8, 4) is 78.7 Å². The van der Waals surface area contributed by atoms with E-state index in [0.29, 0.717) is 17.5 Å². The Kier molecular flexibility index (Phi) is 9.17. The first-order valence-corrected chi connectivity index (χ1v) is 23.0. The van der Waals surface area contributed by atoms with E-state index < -0.39 is 0 Å². The summed E-state index contributed by atoms with van der Waals surface area (Å²) in [6.45, 7) is 4.65. The van der Waals surface area contributed by atoms with E-state index in [1.807, 2.05) is 29.5 Å². The average molecular weight is 838 g/mol. The Bertz CT molecular complexity index is 3550. The lowest BCUT2D eigenvalue weighted by Crippen LogP contribution is -2.25. The summed E-state index contributed by atoms with van der Waals surface area (Å²) in [5.74, 6) is 1.96. The number of nitrogens with zero attached hydrogens (tertiary/aromatic N) is 3. The number of aromatic nitrogens is 3. The van der Waals surface area contributed by atoms with Crippen LogP contribution in [0.15, 0.2) is 194 Å². The Morgan fingerprint density at radius 1 is 0.406 bits per heavy atom. The van der Waals surface area contributed by atoms with Gasteiger partial charge in [-0.05, 0) is 97.8 Å². The molecule has 2 aliphatic carbocycles. The van der Waals surface area contributed by atoms with Gasteiger partial charge in [-0.3, -0.25) is 0 Å². The third kappa shape index (κ3) is 6.53. The van der Waals surface area contributed by atoms with E-state index in [2.05, 4.69) is 196 Å². The lowest BCUT2D eigenvalue weighted by molar-refractivity contribution is 0.660. The molecule has 8 aromatic carbocycles. The van der Waals surface area contributed by atoms with E-state index in [0.717, 1.165) is 40.7 Å². The maximum Gasteiger partial charge on any atom is 0.164 e. The van der Waals surface area contributed by atoms with E-state index in [1.165, 1.54) is 75.5 Å². The molecule has 0 saturated carbocycles. The highest BCUT2D eigenvalue weighted by Gasteiger charge is 2.35. The van der Waals surface area contributed by atoms with Gasteiger partial charge in [0.05, 0.1) is 0 Å². The molecule has 4 heteroatoms. The van der Waals surface area contributed by atoms with Crippen LogP contribution in [0, 0.1) is 0 Å². The Hall–Kier alpha value is -7.53. The number of rotatable bonds is 7. The molecule has 304 valence electrons. The molecule has 64 heavy (non-hydrogen) atoms. The van der Waals surface area contributed by atoms with E-state index in [4.69, 9.17) is 15.0 Å². The first kappa shape index (κ1) is 38.2. The van der Waals surface area contributed by atoms with Crippen LogP contribution in [0.2, 0.25) is 0 Å². The minimum atomic E-state index is -0.0545. The van der Waals surface area contributed by atoms with Crippen molar-refractivity contribution in [1.82, 2.24) is 15.0 Å². The van der Waals surface area contributed by atoms with Crippen LogP contribution < -0.4 is 9.75 Å². The molecule has 10 aromatic rings. The first-order chi connectivity index (χ1) is 31.5. The average Bonchev–Trinajstić information content (AvgIpc) is 3.85.